The molecule has 0 aliphatic carbocycles. The maximum Gasteiger partial charge on any atom is 0.0625 e. The Morgan fingerprint density at radius 2 is 1.78 bits per heavy atom. The standard InChI is InChI=1S/C32H49N5/c1-7-11-28-22-27(10-4)23-31(32(28)33)37-15-12-29(13-16-37)36-19-17-35(18-20-36)24-30(34-14-8-2)26(6)21-25(5)9-3/h7-8,11,14,21-23,29H,2,9-10,12-13,15-20,24,33H2,1,3-6H3/b11-7-,25-21-,30-26+,34-14?. The summed E-state index contributed by atoms with van der Waals surface area (Å²) in [5, 5.41) is 0. The molecule has 0 spiro atoms. The zero-order chi connectivity index (χ0) is 26.8. The van der Waals surface area contributed by atoms with Crippen molar-refractivity contribution < 1.29 is 0 Å². The maximum absolute atomic E-state index is 6.61. The molecule has 5 heteroatoms. The van der Waals surface area contributed by atoms with Crippen molar-refractivity contribution in [1.82, 2.24) is 9.80 Å². The molecule has 202 valence electrons. The third-order valence-corrected chi connectivity index (χ3v) is 7.92. The molecular weight excluding hydrogens is 454 g/mol. The van der Waals surface area contributed by atoms with Crippen LogP contribution >= 0.6 is 0 Å². The average Bonchev–Trinajstić information content (AvgIpc) is 2.92. The van der Waals surface area contributed by atoms with E-state index in [9.17, 15) is 0 Å². The van der Waals surface area contributed by atoms with E-state index in [4.69, 9.17) is 10.7 Å². The van der Waals surface area contributed by atoms with Gasteiger partial charge >= 0.3 is 0 Å². The molecule has 0 atom stereocenters. The van der Waals surface area contributed by atoms with Crippen LogP contribution in [0.15, 0.2) is 58.8 Å². The molecule has 0 saturated carbocycles. The van der Waals surface area contributed by atoms with E-state index in [-0.39, 0.29) is 0 Å². The van der Waals surface area contributed by atoms with Gasteiger partial charge in [-0.15, -0.1) is 0 Å². The van der Waals surface area contributed by atoms with Gasteiger partial charge in [-0.1, -0.05) is 50.3 Å². The van der Waals surface area contributed by atoms with Crippen LogP contribution in [0.1, 0.15) is 65.0 Å². The van der Waals surface area contributed by atoms with Crippen LogP contribution in [0.4, 0.5) is 11.4 Å². The highest BCUT2D eigenvalue weighted by Crippen LogP contribution is 2.33. The number of hydrogen-bond donors (Lipinski definition) is 1. The van der Waals surface area contributed by atoms with Crippen LogP contribution in [0.5, 0.6) is 0 Å². The molecule has 0 unspecified atom stereocenters. The number of anilines is 2. The minimum Gasteiger partial charge on any atom is -0.397 e. The lowest BCUT2D eigenvalue weighted by atomic mass is 9.99. The van der Waals surface area contributed by atoms with Gasteiger partial charge in [0.1, 0.15) is 0 Å². The van der Waals surface area contributed by atoms with E-state index >= 15 is 0 Å². The number of nitrogens with two attached hydrogens (primary N) is 1. The Hall–Kier alpha value is -2.63. The van der Waals surface area contributed by atoms with Gasteiger partial charge < -0.3 is 10.6 Å². The van der Waals surface area contributed by atoms with Gasteiger partial charge in [0.2, 0.25) is 0 Å². The van der Waals surface area contributed by atoms with Gasteiger partial charge in [-0.2, -0.15) is 0 Å². The molecule has 2 N–H and O–H groups in total. The van der Waals surface area contributed by atoms with E-state index in [1.54, 1.807) is 6.08 Å². The summed E-state index contributed by atoms with van der Waals surface area (Å²) in [7, 11) is 0. The first-order valence-electron chi connectivity index (χ1n) is 14.2. The lowest BCUT2D eigenvalue weighted by molar-refractivity contribution is 0.0896. The molecule has 0 radical (unpaired) electrons. The Kier molecular flexibility index (Phi) is 11.2. The molecule has 1 aromatic carbocycles. The fourth-order valence-corrected chi connectivity index (χ4v) is 5.44. The number of aryl methyl sites for hydroxylation is 1. The molecule has 0 bridgehead atoms. The monoisotopic (exact) mass is 503 g/mol. The van der Waals surface area contributed by atoms with E-state index in [2.05, 4.69) is 86.3 Å². The molecular formula is C32H49N5. The molecule has 1 aromatic rings. The fraction of sp³-hybridized carbons (Fsp3) is 0.531. The lowest BCUT2D eigenvalue weighted by Crippen LogP contribution is -2.53. The largest absolute Gasteiger partial charge is 0.397 e. The lowest BCUT2D eigenvalue weighted by Gasteiger charge is -2.43. The Morgan fingerprint density at radius 3 is 2.38 bits per heavy atom. The molecule has 2 aliphatic heterocycles. The van der Waals surface area contributed by atoms with E-state index in [0.717, 1.165) is 75.6 Å². The molecule has 37 heavy (non-hydrogen) atoms. The van der Waals surface area contributed by atoms with Crippen molar-refractivity contribution in [3.05, 3.63) is 64.9 Å². The zero-order valence-electron chi connectivity index (χ0n) is 24.0. The van der Waals surface area contributed by atoms with Crippen molar-refractivity contribution in [2.45, 2.75) is 66.3 Å². The SMILES string of the molecule is C=CC=N/C(CN1CCN(C2CCN(c3cc(CC)cc(/C=C\C)c3N)CC2)CC1)=C(C)/C=C(/C)CC. The van der Waals surface area contributed by atoms with Crippen LogP contribution in [0, 0.1) is 0 Å². The predicted molar refractivity (Wildman–Crippen MR) is 164 cm³/mol. The van der Waals surface area contributed by atoms with Crippen LogP contribution in [0.2, 0.25) is 0 Å². The summed E-state index contributed by atoms with van der Waals surface area (Å²) in [5.74, 6) is 0. The molecule has 0 amide bonds. The second-order valence-corrected chi connectivity index (χ2v) is 10.5. The molecule has 2 fully saturated rings. The molecule has 5 nitrogen and oxygen atoms in total. The first-order chi connectivity index (χ1) is 17.9. The number of nitrogens with zero attached hydrogens (tertiary/aromatic N) is 4. The minimum atomic E-state index is 0.662. The number of hydrogen-bond acceptors (Lipinski definition) is 5. The van der Waals surface area contributed by atoms with Crippen molar-refractivity contribution in [2.75, 3.05) is 56.4 Å². The summed E-state index contributed by atoms with van der Waals surface area (Å²) in [6, 6.07) is 5.20. The molecule has 3 rings (SSSR count). The second-order valence-electron chi connectivity index (χ2n) is 10.5. The highest BCUT2D eigenvalue weighted by atomic mass is 15.3. The third-order valence-electron chi connectivity index (χ3n) is 7.92. The van der Waals surface area contributed by atoms with E-state index in [1.165, 1.54) is 35.2 Å². The normalized spacial score (nSPS) is 19.7. The Bertz CT molecular complexity index is 1020. The zero-order valence-corrected chi connectivity index (χ0v) is 24.0. The first kappa shape index (κ1) is 28.9. The van der Waals surface area contributed by atoms with Gasteiger partial charge in [-0.25, -0.2) is 0 Å². The summed E-state index contributed by atoms with van der Waals surface area (Å²) in [6.45, 7) is 22.1. The quantitative estimate of drug-likeness (QED) is 0.230. The highest BCUT2D eigenvalue weighted by molar-refractivity contribution is 5.79. The predicted octanol–water partition coefficient (Wildman–Crippen LogP) is 6.34. The van der Waals surface area contributed by atoms with Gasteiger partial charge in [0.25, 0.3) is 0 Å². The summed E-state index contributed by atoms with van der Waals surface area (Å²) < 4.78 is 0. The van der Waals surface area contributed by atoms with Crippen molar-refractivity contribution in [1.29, 1.82) is 0 Å². The van der Waals surface area contributed by atoms with Crippen LogP contribution in [-0.4, -0.2) is 67.9 Å². The van der Waals surface area contributed by atoms with Crippen LogP contribution < -0.4 is 10.6 Å². The molecule has 2 heterocycles. The summed E-state index contributed by atoms with van der Waals surface area (Å²) >= 11 is 0. The molecule has 2 aliphatic rings. The van der Waals surface area contributed by atoms with E-state index in [0.29, 0.717) is 6.04 Å². The second kappa shape index (κ2) is 14.3. The number of rotatable bonds is 10. The Morgan fingerprint density at radius 1 is 1.08 bits per heavy atom. The van der Waals surface area contributed by atoms with Crippen LogP contribution in [0.25, 0.3) is 6.08 Å². The number of piperazine rings is 1. The van der Waals surface area contributed by atoms with Gasteiger partial charge in [0.05, 0.1) is 17.1 Å². The van der Waals surface area contributed by atoms with Crippen molar-refractivity contribution in [3.8, 4) is 0 Å². The summed E-state index contributed by atoms with van der Waals surface area (Å²) in [5.41, 5.74) is 15.1. The van der Waals surface area contributed by atoms with Crippen LogP contribution in [0.3, 0.4) is 0 Å². The minimum absolute atomic E-state index is 0.662. The number of piperidine rings is 1. The first-order valence-corrected chi connectivity index (χ1v) is 14.2. The van der Waals surface area contributed by atoms with Gasteiger partial charge in [-0.05, 0) is 75.3 Å². The van der Waals surface area contributed by atoms with Crippen molar-refractivity contribution >= 4 is 23.7 Å². The van der Waals surface area contributed by atoms with Crippen molar-refractivity contribution in [2.24, 2.45) is 4.99 Å². The number of aliphatic imine (C=N–C) groups is 1. The highest BCUT2D eigenvalue weighted by Gasteiger charge is 2.28. The summed E-state index contributed by atoms with van der Waals surface area (Å²) in [4.78, 5) is 12.5. The Labute approximate surface area is 226 Å². The maximum atomic E-state index is 6.61. The smallest absolute Gasteiger partial charge is 0.0625 e. The van der Waals surface area contributed by atoms with Gasteiger partial charge in [-0.3, -0.25) is 14.8 Å². The van der Waals surface area contributed by atoms with Crippen molar-refractivity contribution in [3.63, 3.8) is 0 Å². The Balaban J connectivity index is 1.58. The third kappa shape index (κ3) is 7.93. The number of nitrogen functional groups attached to an aromatic ring is 1. The average molecular weight is 504 g/mol. The van der Waals surface area contributed by atoms with Gasteiger partial charge in [0, 0.05) is 58.1 Å². The van der Waals surface area contributed by atoms with Gasteiger partial charge in [0.15, 0.2) is 0 Å². The number of allylic oxidation sites excluding steroid dienone is 5. The summed E-state index contributed by atoms with van der Waals surface area (Å²) in [6.07, 6.45) is 14.6. The van der Waals surface area contributed by atoms with E-state index < -0.39 is 0 Å². The molecule has 2 saturated heterocycles. The fourth-order valence-electron chi connectivity index (χ4n) is 5.44. The number of benzene rings is 1. The van der Waals surface area contributed by atoms with Crippen LogP contribution in [-0.2, 0) is 6.42 Å². The molecule has 0 aromatic heterocycles. The van der Waals surface area contributed by atoms with E-state index in [1.807, 2.05) is 6.21 Å². The topological polar surface area (TPSA) is 48.1 Å².